The largest absolute Gasteiger partial charge is 0.444 e. The number of hydrogen-bond donors (Lipinski definition) is 0. The number of fused-ring (bicyclic) bond motifs is 2. The number of carbonyl (C=O) groups excluding carboxylic acids is 1. The summed E-state index contributed by atoms with van der Waals surface area (Å²) in [5.41, 5.74) is 1.59. The van der Waals surface area contributed by atoms with Gasteiger partial charge < -0.3 is 24.3 Å². The standard InChI is InChI=1S/C32H39ClFN7O2S/c1-17-9-10-24-22(12-35-44-24)25(17)26-23(33)11-21-28(27(26)34)36-30(39-15-20(16-39)38(7)8)37-29(21)40-13-19(3)41(14-18(40)2)31(42)43-32(4,5)6/h9-12,18-20H,13-16H2,1-8H3/t18-,19-/m0/s1. The molecule has 0 spiro atoms. The molecule has 44 heavy (non-hydrogen) atoms. The van der Waals surface area contributed by atoms with Gasteiger partial charge in [-0.25, -0.2) is 14.2 Å². The number of carbonyl (C=O) groups is 1. The zero-order valence-electron chi connectivity index (χ0n) is 26.5. The maximum absolute atomic E-state index is 16.9. The van der Waals surface area contributed by atoms with Crippen molar-refractivity contribution in [1.82, 2.24) is 24.1 Å². The molecule has 9 nitrogen and oxygen atoms in total. The van der Waals surface area contributed by atoms with E-state index in [-0.39, 0.29) is 23.7 Å². The first-order valence-corrected chi connectivity index (χ1v) is 16.1. The molecule has 2 aromatic carbocycles. The number of amides is 1. The normalized spacial score (nSPS) is 19.8. The molecule has 2 saturated heterocycles. The van der Waals surface area contributed by atoms with E-state index in [1.165, 1.54) is 11.5 Å². The molecule has 2 aliphatic heterocycles. The fourth-order valence-corrected chi connectivity index (χ4v) is 7.02. The Bertz CT molecular complexity index is 1750. The lowest BCUT2D eigenvalue weighted by Gasteiger charge is -2.46. The highest BCUT2D eigenvalue weighted by molar-refractivity contribution is 7.13. The van der Waals surface area contributed by atoms with Crippen LogP contribution in [-0.4, -0.2) is 94.2 Å². The molecule has 234 valence electrons. The summed E-state index contributed by atoms with van der Waals surface area (Å²) in [7, 11) is 4.11. The maximum Gasteiger partial charge on any atom is 0.410 e. The van der Waals surface area contributed by atoms with Gasteiger partial charge in [0.15, 0.2) is 5.82 Å². The molecule has 0 radical (unpaired) electrons. The van der Waals surface area contributed by atoms with Crippen molar-refractivity contribution in [3.8, 4) is 11.1 Å². The lowest BCUT2D eigenvalue weighted by atomic mass is 9.95. The van der Waals surface area contributed by atoms with Crippen molar-refractivity contribution in [3.63, 3.8) is 0 Å². The van der Waals surface area contributed by atoms with E-state index in [2.05, 4.69) is 33.2 Å². The number of likely N-dealkylation sites (N-methyl/N-ethyl adjacent to an activating group) is 1. The number of anilines is 2. The Hall–Kier alpha value is -3.28. The Labute approximate surface area is 266 Å². The molecular weight excluding hydrogens is 601 g/mol. The van der Waals surface area contributed by atoms with E-state index < -0.39 is 11.4 Å². The highest BCUT2D eigenvalue weighted by Crippen LogP contribution is 2.43. The quantitative estimate of drug-likeness (QED) is 0.248. The lowest BCUT2D eigenvalue weighted by Crippen LogP contribution is -2.59. The third kappa shape index (κ3) is 5.43. The summed E-state index contributed by atoms with van der Waals surface area (Å²) in [6.07, 6.45) is 1.43. The molecule has 6 rings (SSSR count). The van der Waals surface area contributed by atoms with Crippen molar-refractivity contribution in [2.45, 2.75) is 65.3 Å². The number of halogens is 2. The van der Waals surface area contributed by atoms with Crippen LogP contribution >= 0.6 is 23.1 Å². The monoisotopic (exact) mass is 639 g/mol. The molecule has 12 heteroatoms. The minimum atomic E-state index is -0.593. The Morgan fingerprint density at radius 2 is 1.80 bits per heavy atom. The van der Waals surface area contributed by atoms with Gasteiger partial charge in [-0.2, -0.15) is 9.36 Å². The van der Waals surface area contributed by atoms with E-state index in [9.17, 15) is 4.79 Å². The molecule has 0 bridgehead atoms. The van der Waals surface area contributed by atoms with Crippen LogP contribution in [-0.2, 0) is 4.74 Å². The number of aromatic nitrogens is 3. The van der Waals surface area contributed by atoms with E-state index >= 15 is 4.39 Å². The third-order valence-corrected chi connectivity index (χ3v) is 9.67. The van der Waals surface area contributed by atoms with E-state index in [1.54, 1.807) is 17.2 Å². The molecule has 0 N–H and O–H groups in total. The first kappa shape index (κ1) is 30.7. The number of benzene rings is 2. The molecule has 2 aliphatic rings. The first-order valence-electron chi connectivity index (χ1n) is 14.9. The van der Waals surface area contributed by atoms with Crippen molar-refractivity contribution < 1.29 is 13.9 Å². The molecule has 0 aliphatic carbocycles. The van der Waals surface area contributed by atoms with Gasteiger partial charge >= 0.3 is 6.09 Å². The number of rotatable bonds is 4. The number of piperazine rings is 1. The summed E-state index contributed by atoms with van der Waals surface area (Å²) in [5, 5.41) is 1.70. The molecule has 2 atom stereocenters. The van der Waals surface area contributed by atoms with Crippen LogP contribution in [0.3, 0.4) is 0 Å². The van der Waals surface area contributed by atoms with Crippen LogP contribution in [0.15, 0.2) is 24.4 Å². The van der Waals surface area contributed by atoms with Crippen molar-refractivity contribution in [1.29, 1.82) is 0 Å². The van der Waals surface area contributed by atoms with Crippen LogP contribution in [0.4, 0.5) is 21.0 Å². The van der Waals surface area contributed by atoms with Gasteiger partial charge in [-0.05, 0) is 90.4 Å². The Morgan fingerprint density at radius 3 is 2.48 bits per heavy atom. The zero-order valence-corrected chi connectivity index (χ0v) is 28.1. The average molecular weight is 640 g/mol. The highest BCUT2D eigenvalue weighted by atomic mass is 35.5. The summed E-state index contributed by atoms with van der Waals surface area (Å²) in [6, 6.07) is 5.85. The predicted molar refractivity (Wildman–Crippen MR) is 177 cm³/mol. The smallest absolute Gasteiger partial charge is 0.410 e. The van der Waals surface area contributed by atoms with Crippen molar-refractivity contribution in [2.24, 2.45) is 0 Å². The zero-order chi connectivity index (χ0) is 31.7. The second kappa shape index (κ2) is 11.3. The average Bonchev–Trinajstić information content (AvgIpc) is 3.38. The lowest BCUT2D eigenvalue weighted by molar-refractivity contribution is 0.0130. The minimum absolute atomic E-state index is 0.120. The number of hydrogen-bond acceptors (Lipinski definition) is 9. The number of ether oxygens (including phenoxy) is 1. The van der Waals surface area contributed by atoms with Crippen molar-refractivity contribution in [3.05, 3.63) is 40.8 Å². The Balaban J connectivity index is 1.48. The molecule has 1 amide bonds. The van der Waals surface area contributed by atoms with Gasteiger partial charge in [0.25, 0.3) is 0 Å². The van der Waals surface area contributed by atoms with Gasteiger partial charge in [-0.3, -0.25) is 0 Å². The highest BCUT2D eigenvalue weighted by Gasteiger charge is 2.38. The number of aryl methyl sites for hydroxylation is 1. The topological polar surface area (TPSA) is 77.9 Å². The van der Waals surface area contributed by atoms with Crippen LogP contribution in [0.2, 0.25) is 5.02 Å². The summed E-state index contributed by atoms with van der Waals surface area (Å²) in [4.78, 5) is 31.1. The van der Waals surface area contributed by atoms with E-state index in [0.29, 0.717) is 46.9 Å². The summed E-state index contributed by atoms with van der Waals surface area (Å²) < 4.78 is 27.9. The fraction of sp³-hybridized carbons (Fsp3) is 0.500. The van der Waals surface area contributed by atoms with Crippen LogP contribution in [0.25, 0.3) is 32.1 Å². The minimum Gasteiger partial charge on any atom is -0.444 e. The van der Waals surface area contributed by atoms with Crippen LogP contribution in [0, 0.1) is 12.7 Å². The van der Waals surface area contributed by atoms with Crippen LogP contribution in [0.5, 0.6) is 0 Å². The van der Waals surface area contributed by atoms with Crippen LogP contribution < -0.4 is 9.80 Å². The van der Waals surface area contributed by atoms with Gasteiger partial charge in [0.05, 0.1) is 9.72 Å². The van der Waals surface area contributed by atoms with E-state index in [0.717, 1.165) is 34.3 Å². The van der Waals surface area contributed by atoms with Gasteiger partial charge in [-0.15, -0.1) is 0 Å². The Kier molecular flexibility index (Phi) is 7.87. The van der Waals surface area contributed by atoms with Crippen LogP contribution in [0.1, 0.15) is 40.2 Å². The SMILES string of the molecule is Cc1ccc2sncc2c1-c1c(Cl)cc2c(N3C[C@H](C)N(C(=O)OC(C)(C)C)C[C@@H]3C)nc(N3CC(N(C)C)C3)nc2c1F. The van der Waals surface area contributed by atoms with E-state index in [1.807, 2.05) is 53.7 Å². The molecule has 0 saturated carbocycles. The summed E-state index contributed by atoms with van der Waals surface area (Å²) in [5.74, 6) is 0.622. The third-order valence-electron chi connectivity index (χ3n) is 8.61. The number of nitrogens with zero attached hydrogens (tertiary/aromatic N) is 7. The fourth-order valence-electron chi connectivity index (χ4n) is 6.08. The van der Waals surface area contributed by atoms with Gasteiger partial charge in [0.2, 0.25) is 5.95 Å². The first-order chi connectivity index (χ1) is 20.7. The summed E-state index contributed by atoms with van der Waals surface area (Å²) in [6.45, 7) is 14.0. The molecule has 2 aromatic heterocycles. The molecule has 0 unspecified atom stereocenters. The Morgan fingerprint density at radius 1 is 1.07 bits per heavy atom. The van der Waals surface area contributed by atoms with Crippen molar-refractivity contribution >= 4 is 62.0 Å². The maximum atomic E-state index is 16.9. The van der Waals surface area contributed by atoms with Crippen molar-refractivity contribution in [2.75, 3.05) is 50.1 Å². The molecule has 4 aromatic rings. The molecular formula is C32H39ClFN7O2S. The van der Waals surface area contributed by atoms with Gasteiger partial charge in [0, 0.05) is 66.8 Å². The second-order valence-electron chi connectivity index (χ2n) is 13.3. The van der Waals surface area contributed by atoms with Gasteiger partial charge in [0.1, 0.15) is 16.9 Å². The van der Waals surface area contributed by atoms with E-state index in [4.69, 9.17) is 26.3 Å². The predicted octanol–water partition coefficient (Wildman–Crippen LogP) is 6.59. The van der Waals surface area contributed by atoms with Gasteiger partial charge in [-0.1, -0.05) is 17.7 Å². The summed E-state index contributed by atoms with van der Waals surface area (Å²) >= 11 is 8.33. The molecule has 4 heterocycles. The molecule has 2 fully saturated rings. The second-order valence-corrected chi connectivity index (χ2v) is 14.5.